The number of pyridine rings is 1. The number of aliphatic hydroxyl groups is 2. The second-order valence-corrected chi connectivity index (χ2v) is 16.4. The fraction of sp³-hybridized carbons (Fsp3) is 0.400. The maximum absolute atomic E-state index is 14.5. The normalized spacial score (nSPS) is 25.2. The Labute approximate surface area is 242 Å². The van der Waals surface area contributed by atoms with E-state index in [1.165, 1.54) is 19.2 Å². The molecule has 3 heterocycles. The van der Waals surface area contributed by atoms with E-state index in [-0.39, 0.29) is 34.0 Å². The predicted molar refractivity (Wildman–Crippen MR) is 141 cm³/mol. The Morgan fingerprint density at radius 2 is 1.79 bits per heavy atom. The zero-order valence-electron chi connectivity index (χ0n) is 21.3. The van der Waals surface area contributed by atoms with E-state index in [0.717, 1.165) is 4.68 Å². The summed E-state index contributed by atoms with van der Waals surface area (Å²) in [5, 5.41) is 27.7. The number of rotatable bonds is 10. The van der Waals surface area contributed by atoms with Crippen LogP contribution in [0.4, 0.5) is 29.5 Å². The van der Waals surface area contributed by atoms with E-state index in [1.807, 2.05) is 0 Å². The van der Waals surface area contributed by atoms with Crippen molar-refractivity contribution in [2.75, 3.05) is 17.8 Å². The summed E-state index contributed by atoms with van der Waals surface area (Å²) in [6.45, 7) is 0.450. The largest absolute Gasteiger partial charge is 0.387 e. The van der Waals surface area contributed by atoms with Crippen LogP contribution in [0.1, 0.15) is 24.8 Å². The minimum absolute atomic E-state index is 0.0669. The van der Waals surface area contributed by atoms with Gasteiger partial charge in [-0.2, -0.15) is 5.10 Å². The molecule has 0 amide bonds. The standard InChI is InChI=1S/C20H23ClF6N4O9P2S/c1-9(11-3-2-10(4-13(11)22)43(23,24,25,26)27)29-14-5-16(21)30-19-12(14)6-28-31(19)20-18(33)17(32)15(40-20)7-39-42(37,38)8-41(34,35)36/h2-6,9,15,17-18,20,32-33H,7-8H2,1H3,(H,29,30)(H,37,38)(H2,34,35,36)/t9-,15+,17?,18-,20+/m0/s1. The number of anilines is 1. The summed E-state index contributed by atoms with van der Waals surface area (Å²) in [4.78, 5) is 29.1. The van der Waals surface area contributed by atoms with E-state index < -0.39 is 84.8 Å². The fourth-order valence-corrected chi connectivity index (χ4v) is 7.65. The van der Waals surface area contributed by atoms with E-state index in [9.17, 15) is 48.1 Å². The number of ether oxygens (including phenoxy) is 1. The van der Waals surface area contributed by atoms with Gasteiger partial charge in [0.05, 0.1) is 29.9 Å². The quantitative estimate of drug-likeness (QED) is 0.0938. The van der Waals surface area contributed by atoms with E-state index in [2.05, 4.69) is 19.9 Å². The molecule has 6 atom stereocenters. The minimum atomic E-state index is -10.1. The molecular weight excluding hydrogens is 684 g/mol. The molecule has 0 bridgehead atoms. The van der Waals surface area contributed by atoms with Crippen LogP contribution in [0, 0.1) is 5.82 Å². The molecule has 1 aliphatic rings. The maximum atomic E-state index is 14.5. The molecule has 1 aromatic carbocycles. The zero-order chi connectivity index (χ0) is 32.4. The number of hydrogen-bond donors (Lipinski definition) is 6. The molecule has 4 rings (SSSR count). The third-order valence-corrected chi connectivity index (χ3v) is 11.0. The van der Waals surface area contributed by atoms with Crippen LogP contribution in [-0.4, -0.2) is 70.5 Å². The Morgan fingerprint density at radius 3 is 2.37 bits per heavy atom. The van der Waals surface area contributed by atoms with Crippen LogP contribution in [0.15, 0.2) is 35.4 Å². The summed E-state index contributed by atoms with van der Waals surface area (Å²) >= 11 is 6.10. The summed E-state index contributed by atoms with van der Waals surface area (Å²) in [5.41, 5.74) is -0.401. The number of benzene rings is 1. The highest BCUT2D eigenvalue weighted by Crippen LogP contribution is 3.02. The van der Waals surface area contributed by atoms with Crippen LogP contribution in [0.3, 0.4) is 0 Å². The van der Waals surface area contributed by atoms with Crippen molar-refractivity contribution in [1.29, 1.82) is 0 Å². The Balaban J connectivity index is 1.57. The molecule has 2 aromatic heterocycles. The topological polar surface area (TPSA) is 196 Å². The maximum Gasteiger partial charge on any atom is 0.340 e. The first-order chi connectivity index (χ1) is 19.3. The minimum Gasteiger partial charge on any atom is -0.387 e. The van der Waals surface area contributed by atoms with Gasteiger partial charge in [-0.1, -0.05) is 37.1 Å². The monoisotopic (exact) mass is 706 g/mol. The lowest BCUT2D eigenvalue weighted by atomic mass is 10.1. The second kappa shape index (κ2) is 10.6. The van der Waals surface area contributed by atoms with Crippen molar-refractivity contribution in [3.8, 4) is 0 Å². The van der Waals surface area contributed by atoms with Crippen LogP contribution >= 0.6 is 37.0 Å². The van der Waals surface area contributed by atoms with Gasteiger partial charge in [0.2, 0.25) is 0 Å². The Hall–Kier alpha value is -1.96. The van der Waals surface area contributed by atoms with E-state index in [1.54, 1.807) is 0 Å². The van der Waals surface area contributed by atoms with Crippen molar-refractivity contribution in [3.63, 3.8) is 0 Å². The zero-order valence-corrected chi connectivity index (χ0v) is 24.7. The smallest absolute Gasteiger partial charge is 0.340 e. The number of aliphatic hydroxyl groups excluding tert-OH is 2. The summed E-state index contributed by atoms with van der Waals surface area (Å²) in [6.07, 6.45) is -5.29. The lowest BCUT2D eigenvalue weighted by Crippen LogP contribution is -2.33. The molecule has 23 heteroatoms. The van der Waals surface area contributed by atoms with Gasteiger partial charge in [-0.25, -0.2) is 14.1 Å². The van der Waals surface area contributed by atoms with Gasteiger partial charge in [0.1, 0.15) is 34.2 Å². The van der Waals surface area contributed by atoms with Crippen molar-refractivity contribution < 1.29 is 67.1 Å². The Kier molecular flexibility index (Phi) is 8.33. The van der Waals surface area contributed by atoms with Gasteiger partial charge >= 0.3 is 25.4 Å². The molecule has 0 spiro atoms. The number of hydrogen-bond acceptors (Lipinski definition) is 9. The highest BCUT2D eigenvalue weighted by atomic mass is 35.5. The number of halogens is 7. The van der Waals surface area contributed by atoms with Crippen LogP contribution in [0.25, 0.3) is 11.0 Å². The average Bonchev–Trinajstić information content (AvgIpc) is 3.35. The molecule has 13 nitrogen and oxygen atoms in total. The highest BCUT2D eigenvalue weighted by Gasteiger charge is 2.65. The average molecular weight is 707 g/mol. The molecule has 1 saturated heterocycles. The third kappa shape index (κ3) is 7.83. The van der Waals surface area contributed by atoms with Crippen molar-refractivity contribution in [1.82, 2.24) is 14.8 Å². The Morgan fingerprint density at radius 1 is 1.14 bits per heavy atom. The van der Waals surface area contributed by atoms with Crippen LogP contribution in [0.2, 0.25) is 5.15 Å². The second-order valence-electron chi connectivity index (χ2n) is 9.62. The van der Waals surface area contributed by atoms with Crippen LogP contribution < -0.4 is 5.32 Å². The predicted octanol–water partition coefficient (Wildman–Crippen LogP) is 5.01. The van der Waals surface area contributed by atoms with Gasteiger partial charge in [0, 0.05) is 5.56 Å². The Bertz CT molecular complexity index is 1660. The van der Waals surface area contributed by atoms with Crippen molar-refractivity contribution >= 4 is 53.7 Å². The molecule has 0 saturated carbocycles. The third-order valence-electron chi connectivity index (χ3n) is 6.17. The molecule has 1 aliphatic heterocycles. The van der Waals surface area contributed by atoms with Gasteiger partial charge in [0.25, 0.3) is 0 Å². The summed E-state index contributed by atoms with van der Waals surface area (Å²) < 4.78 is 114. The SMILES string of the molecule is C[C@H](Nc1cc(Cl)nc2c1cnn2[C@@H]1O[C@H](COP(=O)(O)CP(=O)(O)O)C(O)[C@@H]1O)c1ccc(S(F)(F)(F)(F)F)cc1F. The van der Waals surface area contributed by atoms with E-state index in [4.69, 9.17) is 26.1 Å². The highest BCUT2D eigenvalue weighted by molar-refractivity contribution is 8.45. The lowest BCUT2D eigenvalue weighted by molar-refractivity contribution is -0.0541. The fourth-order valence-electron chi connectivity index (χ4n) is 4.24. The molecular formula is C20H23ClF6N4O9P2S. The lowest BCUT2D eigenvalue weighted by Gasteiger charge is -2.40. The summed E-state index contributed by atoms with van der Waals surface area (Å²) in [6, 6.07) is 0.453. The van der Waals surface area contributed by atoms with E-state index in [0.29, 0.717) is 6.07 Å². The number of aromatic nitrogens is 3. The van der Waals surface area contributed by atoms with Gasteiger partial charge < -0.3 is 39.5 Å². The molecule has 0 aliphatic carbocycles. The molecule has 6 N–H and O–H groups in total. The number of nitrogens with one attached hydrogen (secondary N) is 1. The first-order valence-corrected chi connectivity index (χ1v) is 17.6. The van der Waals surface area contributed by atoms with Gasteiger partial charge in [-0.05, 0) is 25.1 Å². The molecule has 242 valence electrons. The molecule has 0 radical (unpaired) electrons. The van der Waals surface area contributed by atoms with Crippen molar-refractivity contribution in [3.05, 3.63) is 47.0 Å². The van der Waals surface area contributed by atoms with Gasteiger partial charge in [0.15, 0.2) is 17.8 Å². The van der Waals surface area contributed by atoms with Crippen LogP contribution in [-0.2, 0) is 18.4 Å². The number of fused-ring (bicyclic) bond motifs is 1. The van der Waals surface area contributed by atoms with Gasteiger partial charge in [-0.15, -0.1) is 0 Å². The molecule has 43 heavy (non-hydrogen) atoms. The molecule has 2 unspecified atom stereocenters. The summed E-state index contributed by atoms with van der Waals surface area (Å²) in [7, 11) is -19.9. The number of nitrogens with zero attached hydrogens (tertiary/aromatic N) is 3. The summed E-state index contributed by atoms with van der Waals surface area (Å²) in [5.74, 6) is -3.06. The van der Waals surface area contributed by atoms with E-state index >= 15 is 0 Å². The first-order valence-electron chi connectivity index (χ1n) is 11.7. The van der Waals surface area contributed by atoms with Crippen molar-refractivity contribution in [2.45, 2.75) is 42.4 Å². The first kappa shape index (κ1) is 33.9. The van der Waals surface area contributed by atoms with Gasteiger partial charge in [-0.3, -0.25) is 9.13 Å². The molecule has 3 aromatic rings. The van der Waals surface area contributed by atoms with Crippen molar-refractivity contribution in [2.24, 2.45) is 0 Å². The molecule has 1 fully saturated rings. The van der Waals surface area contributed by atoms with Crippen LogP contribution in [0.5, 0.6) is 0 Å².